The number of rotatable bonds is 2. The maximum atomic E-state index is 13.3. The van der Waals surface area contributed by atoms with E-state index in [1.807, 2.05) is 48.5 Å². The zero-order valence-corrected chi connectivity index (χ0v) is 14.6. The minimum Gasteiger partial charge on any atom is -0.357 e. The van der Waals surface area contributed by atoms with Crippen molar-refractivity contribution in [1.29, 1.82) is 0 Å². The largest absolute Gasteiger partial charge is 0.357 e. The molecule has 2 aromatic carbocycles. The van der Waals surface area contributed by atoms with Crippen LogP contribution in [-0.4, -0.2) is 16.8 Å². The SMILES string of the molecule is CC[C@H]1C[C@H]2C(=O)N(c3ccccc3)C(=O)[C@H]2c2[nH]c3ccccc3c21. The second-order valence-corrected chi connectivity index (χ2v) is 7.27. The Labute approximate surface area is 151 Å². The van der Waals surface area contributed by atoms with Gasteiger partial charge in [-0.15, -0.1) is 0 Å². The first-order valence-corrected chi connectivity index (χ1v) is 9.24. The lowest BCUT2D eigenvalue weighted by atomic mass is 9.73. The van der Waals surface area contributed by atoms with Gasteiger partial charge in [0, 0.05) is 16.6 Å². The molecule has 1 aromatic heterocycles. The van der Waals surface area contributed by atoms with E-state index in [1.54, 1.807) is 0 Å². The van der Waals surface area contributed by atoms with Gasteiger partial charge in [-0.25, -0.2) is 4.90 Å². The number of nitrogens with zero attached hydrogens (tertiary/aromatic N) is 1. The molecule has 0 bridgehead atoms. The van der Waals surface area contributed by atoms with E-state index in [9.17, 15) is 9.59 Å². The first-order chi connectivity index (χ1) is 12.7. The van der Waals surface area contributed by atoms with Crippen molar-refractivity contribution >= 4 is 28.4 Å². The third-order valence-electron chi connectivity index (χ3n) is 5.97. The third kappa shape index (κ3) is 1.96. The Bertz CT molecular complexity index is 1020. The molecule has 130 valence electrons. The van der Waals surface area contributed by atoms with Gasteiger partial charge in [0.05, 0.1) is 17.5 Å². The average Bonchev–Trinajstić information content (AvgIpc) is 3.17. The lowest BCUT2D eigenvalue weighted by Gasteiger charge is -2.28. The lowest BCUT2D eigenvalue weighted by Crippen LogP contribution is -2.30. The minimum atomic E-state index is -0.395. The zero-order chi connectivity index (χ0) is 17.8. The second-order valence-electron chi connectivity index (χ2n) is 7.27. The molecule has 3 atom stereocenters. The first-order valence-electron chi connectivity index (χ1n) is 9.24. The fourth-order valence-electron chi connectivity index (χ4n) is 4.79. The summed E-state index contributed by atoms with van der Waals surface area (Å²) < 4.78 is 0. The van der Waals surface area contributed by atoms with Crippen molar-refractivity contribution in [3.8, 4) is 0 Å². The van der Waals surface area contributed by atoms with E-state index < -0.39 is 5.92 Å². The molecule has 0 spiro atoms. The highest BCUT2D eigenvalue weighted by atomic mass is 16.2. The van der Waals surface area contributed by atoms with Crippen molar-refractivity contribution in [3.05, 3.63) is 65.9 Å². The highest BCUT2D eigenvalue weighted by molar-refractivity contribution is 6.24. The van der Waals surface area contributed by atoms with Crippen LogP contribution < -0.4 is 4.90 Å². The Balaban J connectivity index is 1.69. The molecule has 3 aromatic rings. The van der Waals surface area contributed by atoms with Crippen LogP contribution in [0.5, 0.6) is 0 Å². The zero-order valence-electron chi connectivity index (χ0n) is 14.6. The van der Waals surface area contributed by atoms with Crippen molar-refractivity contribution in [2.45, 2.75) is 31.6 Å². The Morgan fingerprint density at radius 3 is 2.50 bits per heavy atom. The molecule has 5 rings (SSSR count). The highest BCUT2D eigenvalue weighted by Crippen LogP contribution is 2.51. The molecule has 0 radical (unpaired) electrons. The van der Waals surface area contributed by atoms with Crippen LogP contribution in [0.4, 0.5) is 5.69 Å². The maximum Gasteiger partial charge on any atom is 0.243 e. The van der Waals surface area contributed by atoms with Gasteiger partial charge in [0.2, 0.25) is 11.8 Å². The first kappa shape index (κ1) is 15.4. The molecule has 1 N–H and O–H groups in total. The fraction of sp³-hybridized carbons (Fsp3) is 0.273. The van der Waals surface area contributed by atoms with Gasteiger partial charge in [-0.05, 0) is 42.5 Å². The summed E-state index contributed by atoms with van der Waals surface area (Å²) in [6, 6.07) is 17.5. The molecule has 2 aliphatic rings. The van der Waals surface area contributed by atoms with Gasteiger partial charge in [-0.2, -0.15) is 0 Å². The van der Waals surface area contributed by atoms with E-state index in [4.69, 9.17) is 0 Å². The summed E-state index contributed by atoms with van der Waals surface area (Å²) in [6.07, 6.45) is 1.70. The summed E-state index contributed by atoms with van der Waals surface area (Å²) in [5, 5.41) is 1.19. The summed E-state index contributed by atoms with van der Waals surface area (Å²) >= 11 is 0. The number of imide groups is 1. The third-order valence-corrected chi connectivity index (χ3v) is 5.97. The molecular formula is C22H20N2O2. The molecule has 4 heteroatoms. The molecule has 2 heterocycles. The number of hydrogen-bond donors (Lipinski definition) is 1. The summed E-state index contributed by atoms with van der Waals surface area (Å²) in [5.74, 6) is -0.529. The van der Waals surface area contributed by atoms with E-state index in [-0.39, 0.29) is 17.7 Å². The van der Waals surface area contributed by atoms with Crippen LogP contribution in [0.15, 0.2) is 54.6 Å². The Kier molecular flexibility index (Phi) is 3.29. The van der Waals surface area contributed by atoms with Crippen molar-refractivity contribution in [2.24, 2.45) is 5.92 Å². The highest BCUT2D eigenvalue weighted by Gasteiger charge is 2.53. The number of para-hydroxylation sites is 2. The van der Waals surface area contributed by atoms with Crippen LogP contribution >= 0.6 is 0 Å². The maximum absolute atomic E-state index is 13.3. The average molecular weight is 344 g/mol. The number of benzene rings is 2. The molecule has 0 saturated carbocycles. The summed E-state index contributed by atoms with van der Waals surface area (Å²) in [5.41, 5.74) is 3.91. The van der Waals surface area contributed by atoms with E-state index >= 15 is 0 Å². The van der Waals surface area contributed by atoms with Gasteiger partial charge in [0.25, 0.3) is 0 Å². The minimum absolute atomic E-state index is 0.0612. The molecule has 2 amide bonds. The normalized spacial score (nSPS) is 24.8. The lowest BCUT2D eigenvalue weighted by molar-refractivity contribution is -0.122. The van der Waals surface area contributed by atoms with Crippen LogP contribution in [0, 0.1) is 5.92 Å². The van der Waals surface area contributed by atoms with Crippen molar-refractivity contribution in [1.82, 2.24) is 4.98 Å². The van der Waals surface area contributed by atoms with Crippen molar-refractivity contribution in [3.63, 3.8) is 0 Å². The van der Waals surface area contributed by atoms with E-state index in [0.29, 0.717) is 11.6 Å². The van der Waals surface area contributed by atoms with Gasteiger partial charge in [0.15, 0.2) is 0 Å². The molecule has 1 saturated heterocycles. The molecule has 1 aliphatic heterocycles. The number of aromatic amines is 1. The topological polar surface area (TPSA) is 53.2 Å². The summed E-state index contributed by atoms with van der Waals surface area (Å²) in [7, 11) is 0. The molecular weight excluding hydrogens is 324 g/mol. The van der Waals surface area contributed by atoms with Gasteiger partial charge in [0.1, 0.15) is 0 Å². The van der Waals surface area contributed by atoms with E-state index in [0.717, 1.165) is 24.1 Å². The number of amides is 2. The molecule has 0 unspecified atom stereocenters. The van der Waals surface area contributed by atoms with Gasteiger partial charge < -0.3 is 4.98 Å². The van der Waals surface area contributed by atoms with Crippen LogP contribution in [0.25, 0.3) is 10.9 Å². The number of carbonyl (C=O) groups is 2. The number of nitrogens with one attached hydrogen (secondary N) is 1. The van der Waals surface area contributed by atoms with E-state index in [2.05, 4.69) is 18.0 Å². The van der Waals surface area contributed by atoms with Crippen molar-refractivity contribution < 1.29 is 9.59 Å². The smallest absolute Gasteiger partial charge is 0.243 e. The van der Waals surface area contributed by atoms with Gasteiger partial charge in [-0.3, -0.25) is 9.59 Å². The predicted molar refractivity (Wildman–Crippen MR) is 101 cm³/mol. The van der Waals surface area contributed by atoms with Crippen LogP contribution in [-0.2, 0) is 9.59 Å². The number of hydrogen-bond acceptors (Lipinski definition) is 2. The predicted octanol–water partition coefficient (Wildman–Crippen LogP) is 4.34. The molecule has 4 nitrogen and oxygen atoms in total. The van der Waals surface area contributed by atoms with Crippen LogP contribution in [0.3, 0.4) is 0 Å². The van der Waals surface area contributed by atoms with Crippen LogP contribution in [0.2, 0.25) is 0 Å². The number of anilines is 1. The Morgan fingerprint density at radius 1 is 1.00 bits per heavy atom. The fourth-order valence-corrected chi connectivity index (χ4v) is 4.79. The van der Waals surface area contributed by atoms with Gasteiger partial charge in [-0.1, -0.05) is 43.3 Å². The number of aromatic nitrogens is 1. The molecule has 1 aliphatic carbocycles. The van der Waals surface area contributed by atoms with Gasteiger partial charge >= 0.3 is 0 Å². The summed E-state index contributed by atoms with van der Waals surface area (Å²) in [6.45, 7) is 2.16. The Hall–Kier alpha value is -2.88. The Morgan fingerprint density at radius 2 is 1.73 bits per heavy atom. The number of H-pyrrole nitrogens is 1. The molecule has 1 fully saturated rings. The number of carbonyl (C=O) groups excluding carboxylic acids is 2. The van der Waals surface area contributed by atoms with Crippen molar-refractivity contribution in [2.75, 3.05) is 4.90 Å². The molecule has 26 heavy (non-hydrogen) atoms. The number of fused-ring (bicyclic) bond motifs is 5. The standard InChI is InChI=1S/C22H20N2O2/c1-2-13-12-16-19(20-18(13)15-10-6-7-11-17(15)23-20)22(26)24(21(16)25)14-8-4-3-5-9-14/h3-11,13,16,19,23H,2,12H2,1H3/t13-,16+,19+/m0/s1. The quantitative estimate of drug-likeness (QED) is 0.703. The second kappa shape index (κ2) is 5.56. The monoisotopic (exact) mass is 344 g/mol. The van der Waals surface area contributed by atoms with E-state index in [1.165, 1.54) is 15.8 Å². The van der Waals surface area contributed by atoms with Crippen LogP contribution in [0.1, 0.15) is 42.9 Å². The summed E-state index contributed by atoms with van der Waals surface area (Å²) in [4.78, 5) is 31.3.